The zero-order chi connectivity index (χ0) is 13.4. The zero-order valence-corrected chi connectivity index (χ0v) is 12.5. The Labute approximate surface area is 113 Å². The van der Waals surface area contributed by atoms with Gasteiger partial charge in [-0.15, -0.1) is 0 Å². The zero-order valence-electron chi connectivity index (χ0n) is 12.5. The van der Waals surface area contributed by atoms with Crippen LogP contribution in [0.5, 0.6) is 0 Å². The molecule has 1 aliphatic rings. The van der Waals surface area contributed by atoms with Gasteiger partial charge in [0.1, 0.15) is 12.5 Å². The molecule has 1 rings (SSSR count). The first-order valence-corrected chi connectivity index (χ1v) is 7.46. The monoisotopic (exact) mass is 251 g/mol. The first kappa shape index (κ1) is 15.2. The molecule has 3 nitrogen and oxygen atoms in total. The first-order valence-electron chi connectivity index (χ1n) is 7.46. The summed E-state index contributed by atoms with van der Waals surface area (Å²) >= 11 is 0. The summed E-state index contributed by atoms with van der Waals surface area (Å²) in [6.45, 7) is 7.73. The van der Waals surface area contributed by atoms with Crippen molar-refractivity contribution in [2.45, 2.75) is 65.5 Å². The number of hydrogen-bond acceptors (Lipinski definition) is 3. The normalized spacial score (nSPS) is 21.0. The molecule has 0 saturated carbocycles. The average Bonchev–Trinajstić information content (AvgIpc) is 2.71. The van der Waals surface area contributed by atoms with E-state index in [-0.39, 0.29) is 6.17 Å². The molecule has 1 heterocycles. The number of aliphatic imine (C=N–C) groups is 1. The number of likely N-dealkylation sites (N-methyl/N-ethyl adjacent to an activating group) is 1. The number of allylic oxidation sites excluding steroid dienone is 1. The minimum atomic E-state index is 0.244. The number of hydrazine groups is 1. The maximum atomic E-state index is 4.67. The van der Waals surface area contributed by atoms with Gasteiger partial charge in [-0.1, -0.05) is 39.7 Å². The van der Waals surface area contributed by atoms with Gasteiger partial charge in [0.2, 0.25) is 0 Å². The predicted molar refractivity (Wildman–Crippen MR) is 79.6 cm³/mol. The van der Waals surface area contributed by atoms with Crippen LogP contribution in [0.25, 0.3) is 0 Å². The molecule has 0 saturated heterocycles. The van der Waals surface area contributed by atoms with Crippen LogP contribution in [0.15, 0.2) is 16.6 Å². The number of hydrogen-bond donors (Lipinski definition) is 0. The van der Waals surface area contributed by atoms with Gasteiger partial charge in [-0.2, -0.15) is 5.01 Å². The van der Waals surface area contributed by atoms with Gasteiger partial charge >= 0.3 is 0 Å². The fourth-order valence-corrected chi connectivity index (χ4v) is 2.42. The lowest BCUT2D eigenvalue weighted by Gasteiger charge is -2.29. The Bertz CT molecular complexity index is 283. The van der Waals surface area contributed by atoms with Gasteiger partial charge in [-0.25, -0.2) is 4.99 Å². The number of unbranched alkanes of at least 4 members (excludes halogenated alkanes) is 2. The van der Waals surface area contributed by atoms with Crippen molar-refractivity contribution >= 4 is 6.34 Å². The van der Waals surface area contributed by atoms with E-state index in [1.807, 2.05) is 6.34 Å². The Kier molecular flexibility index (Phi) is 7.02. The highest BCUT2D eigenvalue weighted by Gasteiger charge is 2.25. The minimum absolute atomic E-state index is 0.244. The molecule has 1 atom stereocenters. The quantitative estimate of drug-likeness (QED) is 0.482. The van der Waals surface area contributed by atoms with Crippen molar-refractivity contribution < 1.29 is 0 Å². The molecule has 0 amide bonds. The third-order valence-corrected chi connectivity index (χ3v) is 3.42. The molecule has 1 unspecified atom stereocenters. The van der Waals surface area contributed by atoms with Crippen molar-refractivity contribution in [2.75, 3.05) is 13.6 Å². The van der Waals surface area contributed by atoms with Crippen molar-refractivity contribution in [1.29, 1.82) is 0 Å². The highest BCUT2D eigenvalue weighted by atomic mass is 15.7. The SMILES string of the molecule is CCC=C(CCCCC)C1N=CN(CCC)N1C. The largest absolute Gasteiger partial charge is 0.294 e. The van der Waals surface area contributed by atoms with Gasteiger partial charge in [0, 0.05) is 13.6 Å². The summed E-state index contributed by atoms with van der Waals surface area (Å²) in [6.07, 6.45) is 11.9. The van der Waals surface area contributed by atoms with E-state index in [0.29, 0.717) is 0 Å². The Morgan fingerprint density at radius 2 is 2.00 bits per heavy atom. The van der Waals surface area contributed by atoms with Crippen molar-refractivity contribution in [1.82, 2.24) is 10.0 Å². The summed E-state index contributed by atoms with van der Waals surface area (Å²) in [7, 11) is 2.15. The lowest BCUT2D eigenvalue weighted by atomic mass is 10.0. The van der Waals surface area contributed by atoms with E-state index in [1.165, 1.54) is 31.3 Å². The molecule has 3 heteroatoms. The molecule has 0 aromatic rings. The van der Waals surface area contributed by atoms with Crippen molar-refractivity contribution in [3.63, 3.8) is 0 Å². The molecule has 0 aromatic carbocycles. The molecule has 18 heavy (non-hydrogen) atoms. The third-order valence-electron chi connectivity index (χ3n) is 3.42. The van der Waals surface area contributed by atoms with Crippen LogP contribution in [-0.4, -0.2) is 36.1 Å². The van der Waals surface area contributed by atoms with Gasteiger partial charge in [0.25, 0.3) is 0 Å². The molecule has 0 fully saturated rings. The van der Waals surface area contributed by atoms with Crippen LogP contribution in [0.3, 0.4) is 0 Å². The highest BCUT2D eigenvalue weighted by Crippen LogP contribution is 2.23. The Morgan fingerprint density at radius 3 is 2.61 bits per heavy atom. The second kappa shape index (κ2) is 8.30. The standard InChI is InChI=1S/C15H29N3/c1-5-8-9-11-14(10-6-2)15-16-13-18(12-7-3)17(15)4/h10,13,15H,5-9,11-12H2,1-4H3. The van der Waals surface area contributed by atoms with Crippen LogP contribution in [0, 0.1) is 0 Å². The van der Waals surface area contributed by atoms with Crippen LogP contribution >= 0.6 is 0 Å². The van der Waals surface area contributed by atoms with Crippen LogP contribution in [0.1, 0.15) is 59.3 Å². The average molecular weight is 251 g/mol. The van der Waals surface area contributed by atoms with Crippen molar-refractivity contribution in [3.05, 3.63) is 11.6 Å². The smallest absolute Gasteiger partial charge is 0.142 e. The fourth-order valence-electron chi connectivity index (χ4n) is 2.42. The first-order chi connectivity index (χ1) is 8.74. The molecule has 0 aromatic heterocycles. The molecule has 0 bridgehead atoms. The van der Waals surface area contributed by atoms with Gasteiger partial charge in [0.05, 0.1) is 0 Å². The maximum absolute atomic E-state index is 4.67. The molecule has 0 N–H and O–H groups in total. The Hall–Kier alpha value is -0.830. The molecule has 0 aliphatic carbocycles. The Morgan fingerprint density at radius 1 is 1.22 bits per heavy atom. The van der Waals surface area contributed by atoms with E-state index >= 15 is 0 Å². The highest BCUT2D eigenvalue weighted by molar-refractivity contribution is 5.57. The molecule has 104 valence electrons. The van der Waals surface area contributed by atoms with Crippen LogP contribution < -0.4 is 0 Å². The van der Waals surface area contributed by atoms with Gasteiger partial charge in [-0.3, -0.25) is 5.01 Å². The second-order valence-corrected chi connectivity index (χ2v) is 5.02. The van der Waals surface area contributed by atoms with Gasteiger partial charge < -0.3 is 0 Å². The van der Waals surface area contributed by atoms with Gasteiger partial charge in [-0.05, 0) is 31.3 Å². The topological polar surface area (TPSA) is 18.8 Å². The summed E-state index contributed by atoms with van der Waals surface area (Å²) in [5.74, 6) is 0. The Balaban J connectivity index is 2.59. The summed E-state index contributed by atoms with van der Waals surface area (Å²) in [6, 6.07) is 0. The summed E-state index contributed by atoms with van der Waals surface area (Å²) < 4.78 is 0. The maximum Gasteiger partial charge on any atom is 0.142 e. The molecule has 0 radical (unpaired) electrons. The predicted octanol–water partition coefficient (Wildman–Crippen LogP) is 3.83. The molecule has 0 spiro atoms. The van der Waals surface area contributed by atoms with Gasteiger partial charge in [0.15, 0.2) is 0 Å². The summed E-state index contributed by atoms with van der Waals surface area (Å²) in [5, 5.41) is 4.50. The molecule has 1 aliphatic heterocycles. The van der Waals surface area contributed by atoms with E-state index in [0.717, 1.165) is 19.4 Å². The summed E-state index contributed by atoms with van der Waals surface area (Å²) in [5.41, 5.74) is 1.49. The van der Waals surface area contributed by atoms with Crippen LogP contribution in [0.4, 0.5) is 0 Å². The molecular formula is C15H29N3. The van der Waals surface area contributed by atoms with Crippen molar-refractivity contribution in [2.24, 2.45) is 4.99 Å². The van der Waals surface area contributed by atoms with E-state index in [1.54, 1.807) is 0 Å². The fraction of sp³-hybridized carbons (Fsp3) is 0.800. The van der Waals surface area contributed by atoms with E-state index < -0.39 is 0 Å². The minimum Gasteiger partial charge on any atom is -0.294 e. The number of rotatable bonds is 8. The van der Waals surface area contributed by atoms with E-state index in [2.05, 4.69) is 48.9 Å². The number of nitrogens with zero attached hydrogens (tertiary/aromatic N) is 3. The van der Waals surface area contributed by atoms with Crippen LogP contribution in [-0.2, 0) is 0 Å². The van der Waals surface area contributed by atoms with Crippen LogP contribution in [0.2, 0.25) is 0 Å². The van der Waals surface area contributed by atoms with E-state index in [4.69, 9.17) is 0 Å². The third kappa shape index (κ3) is 4.13. The van der Waals surface area contributed by atoms with E-state index in [9.17, 15) is 0 Å². The lowest BCUT2D eigenvalue weighted by Crippen LogP contribution is -2.40. The molecular weight excluding hydrogens is 222 g/mol. The lowest BCUT2D eigenvalue weighted by molar-refractivity contribution is 0.0741. The van der Waals surface area contributed by atoms with Crippen molar-refractivity contribution in [3.8, 4) is 0 Å². The summed E-state index contributed by atoms with van der Waals surface area (Å²) in [4.78, 5) is 4.67. The second-order valence-electron chi connectivity index (χ2n) is 5.02.